The summed E-state index contributed by atoms with van der Waals surface area (Å²) < 4.78 is 39.0. The summed E-state index contributed by atoms with van der Waals surface area (Å²) in [4.78, 5) is 21.3. The van der Waals surface area contributed by atoms with E-state index in [4.69, 9.17) is 4.99 Å². The molecule has 1 aromatic carbocycles. The molecule has 1 spiro atoms. The van der Waals surface area contributed by atoms with Gasteiger partial charge in [-0.25, -0.2) is 4.99 Å². The van der Waals surface area contributed by atoms with Crippen LogP contribution in [0.15, 0.2) is 29.3 Å². The molecule has 4 rings (SSSR count). The summed E-state index contributed by atoms with van der Waals surface area (Å²) in [5, 5.41) is 12.3. The van der Waals surface area contributed by atoms with Crippen molar-refractivity contribution in [1.82, 2.24) is 10.2 Å². The van der Waals surface area contributed by atoms with Gasteiger partial charge in [0.05, 0.1) is 17.2 Å². The minimum absolute atomic E-state index is 0.301. The first-order chi connectivity index (χ1) is 14.3. The molecule has 1 aromatic rings. The van der Waals surface area contributed by atoms with Gasteiger partial charge in [0.25, 0.3) is 0 Å². The monoisotopic (exact) mass is 419 g/mol. The molecule has 9 heteroatoms. The molecule has 0 aromatic heterocycles. The van der Waals surface area contributed by atoms with E-state index in [0.717, 1.165) is 38.2 Å². The lowest BCUT2D eigenvalue weighted by Gasteiger charge is -2.44. The van der Waals surface area contributed by atoms with Crippen molar-refractivity contribution in [2.75, 3.05) is 31.1 Å². The highest BCUT2D eigenvalue weighted by molar-refractivity contribution is 6.02. The van der Waals surface area contributed by atoms with Crippen LogP contribution in [0.3, 0.4) is 0 Å². The number of anilines is 1. The molecule has 6 nitrogen and oxygen atoms in total. The van der Waals surface area contributed by atoms with Gasteiger partial charge in [0.2, 0.25) is 11.9 Å². The normalized spacial score (nSPS) is 24.3. The minimum atomic E-state index is -4.37. The molecule has 3 aliphatic rings. The molecule has 2 aliphatic heterocycles. The summed E-state index contributed by atoms with van der Waals surface area (Å²) in [7, 11) is 0. The third kappa shape index (κ3) is 3.83. The van der Waals surface area contributed by atoms with Crippen LogP contribution in [0.5, 0.6) is 0 Å². The first-order valence-electron chi connectivity index (χ1n) is 10.3. The van der Waals surface area contributed by atoms with E-state index < -0.39 is 23.2 Å². The van der Waals surface area contributed by atoms with E-state index in [0.29, 0.717) is 37.8 Å². The Morgan fingerprint density at radius 1 is 1.10 bits per heavy atom. The number of benzene rings is 1. The summed E-state index contributed by atoms with van der Waals surface area (Å²) in [5.41, 5.74) is -0.774. The molecule has 0 unspecified atom stereocenters. The highest BCUT2D eigenvalue weighted by Crippen LogP contribution is 2.40. The van der Waals surface area contributed by atoms with Gasteiger partial charge in [-0.1, -0.05) is 25.3 Å². The quantitative estimate of drug-likeness (QED) is 0.759. The van der Waals surface area contributed by atoms with Crippen LogP contribution in [0.2, 0.25) is 0 Å². The van der Waals surface area contributed by atoms with Gasteiger partial charge >= 0.3 is 6.18 Å². The Bertz CT molecular complexity index is 877. The molecule has 30 heavy (non-hydrogen) atoms. The topological polar surface area (TPSA) is 71.7 Å². The number of amides is 1. The number of nitrogens with zero attached hydrogens (tertiary/aromatic N) is 4. The second-order valence-corrected chi connectivity index (χ2v) is 8.17. The van der Waals surface area contributed by atoms with Crippen molar-refractivity contribution in [2.45, 2.75) is 43.8 Å². The number of guanidine groups is 1. The number of nitrogens with one attached hydrogen (secondary N) is 1. The number of carbonyl (C=O) groups is 1. The lowest BCUT2D eigenvalue weighted by Crippen LogP contribution is -2.60. The summed E-state index contributed by atoms with van der Waals surface area (Å²) in [5.74, 6) is -0.574. The first kappa shape index (κ1) is 20.5. The van der Waals surface area contributed by atoms with Gasteiger partial charge in [0.15, 0.2) is 5.92 Å². The zero-order chi connectivity index (χ0) is 21.4. The Kier molecular flexibility index (Phi) is 5.35. The average molecular weight is 419 g/mol. The van der Waals surface area contributed by atoms with Crippen molar-refractivity contribution in [2.24, 2.45) is 10.9 Å². The second kappa shape index (κ2) is 7.82. The highest BCUT2D eigenvalue weighted by atomic mass is 19.4. The van der Waals surface area contributed by atoms with Crippen molar-refractivity contribution in [3.8, 4) is 6.07 Å². The molecule has 2 fully saturated rings. The number of aliphatic imine (C=N–C) groups is 1. The molecule has 0 radical (unpaired) electrons. The summed E-state index contributed by atoms with van der Waals surface area (Å²) in [6.07, 6.45) is 0.0718. The number of hydrogen-bond acceptors (Lipinski definition) is 5. The first-order valence-corrected chi connectivity index (χ1v) is 10.3. The molecule has 1 aliphatic carbocycles. The molecule has 0 bridgehead atoms. The molecule has 1 amide bonds. The fourth-order valence-electron chi connectivity index (χ4n) is 4.68. The van der Waals surface area contributed by atoms with Crippen LogP contribution in [-0.2, 0) is 11.0 Å². The lowest BCUT2D eigenvalue weighted by molar-refractivity contribution is -0.137. The molecule has 1 saturated carbocycles. The van der Waals surface area contributed by atoms with Gasteiger partial charge in [-0.15, -0.1) is 0 Å². The number of alkyl halides is 3. The molecule has 1 atom stereocenters. The van der Waals surface area contributed by atoms with Crippen LogP contribution < -0.4 is 10.2 Å². The van der Waals surface area contributed by atoms with Gasteiger partial charge in [-0.05, 0) is 31.0 Å². The van der Waals surface area contributed by atoms with Crippen LogP contribution in [-0.4, -0.2) is 48.5 Å². The van der Waals surface area contributed by atoms with Crippen LogP contribution in [0.1, 0.15) is 37.7 Å². The van der Waals surface area contributed by atoms with Crippen molar-refractivity contribution in [3.05, 3.63) is 29.8 Å². The van der Waals surface area contributed by atoms with E-state index in [1.807, 2.05) is 9.80 Å². The fraction of sp³-hybridized carbons (Fsp3) is 0.571. The van der Waals surface area contributed by atoms with Gasteiger partial charge < -0.3 is 9.80 Å². The van der Waals surface area contributed by atoms with E-state index >= 15 is 0 Å². The van der Waals surface area contributed by atoms with E-state index in [-0.39, 0.29) is 5.91 Å². The Balaban J connectivity index is 1.49. The van der Waals surface area contributed by atoms with Gasteiger partial charge in [-0.2, -0.15) is 18.4 Å². The summed E-state index contributed by atoms with van der Waals surface area (Å²) >= 11 is 0. The predicted molar refractivity (Wildman–Crippen MR) is 106 cm³/mol. The number of piperazine rings is 1. The van der Waals surface area contributed by atoms with Crippen LogP contribution in [0, 0.1) is 17.2 Å². The average Bonchev–Trinajstić information content (AvgIpc) is 2.74. The second-order valence-electron chi connectivity index (χ2n) is 8.17. The number of nitriles is 1. The van der Waals surface area contributed by atoms with E-state index in [1.54, 1.807) is 6.07 Å². The Hall–Kier alpha value is -2.76. The van der Waals surface area contributed by atoms with Crippen LogP contribution >= 0.6 is 0 Å². The third-order valence-corrected chi connectivity index (χ3v) is 6.33. The van der Waals surface area contributed by atoms with Gasteiger partial charge in [0, 0.05) is 31.9 Å². The van der Waals surface area contributed by atoms with Crippen molar-refractivity contribution in [1.29, 1.82) is 5.26 Å². The number of halogens is 3. The maximum Gasteiger partial charge on any atom is 0.416 e. The molecular weight excluding hydrogens is 395 g/mol. The molecular formula is C21H24F3N5O. The summed E-state index contributed by atoms with van der Waals surface area (Å²) in [6, 6.07) is 7.49. The zero-order valence-corrected chi connectivity index (χ0v) is 16.6. The number of hydrogen-bond donors (Lipinski definition) is 1. The zero-order valence-electron chi connectivity index (χ0n) is 16.6. The van der Waals surface area contributed by atoms with Crippen molar-refractivity contribution < 1.29 is 18.0 Å². The lowest BCUT2D eigenvalue weighted by atomic mass is 9.72. The Labute approximate surface area is 173 Å². The molecule has 1 saturated heterocycles. The highest BCUT2D eigenvalue weighted by Gasteiger charge is 2.48. The van der Waals surface area contributed by atoms with Gasteiger partial charge in [-0.3, -0.25) is 10.1 Å². The van der Waals surface area contributed by atoms with E-state index in [9.17, 15) is 23.2 Å². The standard InChI is InChI=1S/C21H24F3N5O/c22-21(23,24)15-5-4-6-16(13-15)28-9-11-29(12-10-28)19-26-18(30)17(14-25)20(27-19)7-2-1-3-8-20/h4-6,13,17H,1-3,7-12H2,(H,26,27,30)/t17-/m0/s1. The molecule has 2 heterocycles. The SMILES string of the molecule is N#C[C@H]1C(=O)NC(N2CCN(c3cccc(C(F)(F)F)c3)CC2)=NC12CCCCC2. The predicted octanol–water partition coefficient (Wildman–Crippen LogP) is 3.16. The van der Waals surface area contributed by atoms with Crippen LogP contribution in [0.25, 0.3) is 0 Å². The number of rotatable bonds is 1. The largest absolute Gasteiger partial charge is 0.416 e. The van der Waals surface area contributed by atoms with Crippen molar-refractivity contribution >= 4 is 17.6 Å². The van der Waals surface area contributed by atoms with E-state index in [1.165, 1.54) is 12.1 Å². The Morgan fingerprint density at radius 3 is 2.40 bits per heavy atom. The maximum absolute atomic E-state index is 13.0. The van der Waals surface area contributed by atoms with Gasteiger partial charge in [0.1, 0.15) is 0 Å². The fourth-order valence-corrected chi connectivity index (χ4v) is 4.68. The molecule has 1 N–H and O–H groups in total. The molecule has 160 valence electrons. The summed E-state index contributed by atoms with van der Waals surface area (Å²) in [6.45, 7) is 2.10. The van der Waals surface area contributed by atoms with Crippen LogP contribution in [0.4, 0.5) is 18.9 Å². The smallest absolute Gasteiger partial charge is 0.368 e. The van der Waals surface area contributed by atoms with Crippen molar-refractivity contribution in [3.63, 3.8) is 0 Å². The number of carbonyl (C=O) groups excluding carboxylic acids is 1. The maximum atomic E-state index is 13.0. The minimum Gasteiger partial charge on any atom is -0.368 e. The Morgan fingerprint density at radius 2 is 1.77 bits per heavy atom. The third-order valence-electron chi connectivity index (χ3n) is 6.33. The van der Waals surface area contributed by atoms with E-state index in [2.05, 4.69) is 11.4 Å².